The molecule has 0 aromatic heterocycles. The quantitative estimate of drug-likeness (QED) is 0.904. The Morgan fingerprint density at radius 2 is 2.15 bits per heavy atom. The fourth-order valence-corrected chi connectivity index (χ4v) is 2.61. The topological polar surface area (TPSA) is 66.8 Å². The number of carbonyl (C=O) groups is 2. The summed E-state index contributed by atoms with van der Waals surface area (Å²) in [5.74, 6) is -1.05. The summed E-state index contributed by atoms with van der Waals surface area (Å²) in [5, 5.41) is 8.91. The van der Waals surface area contributed by atoms with Crippen LogP contribution in [0.3, 0.4) is 0 Å². The Morgan fingerprint density at radius 1 is 1.40 bits per heavy atom. The van der Waals surface area contributed by atoms with Crippen LogP contribution in [0.15, 0.2) is 28.7 Å². The monoisotopic (exact) mass is 341 g/mol. The van der Waals surface area contributed by atoms with Gasteiger partial charge in [-0.3, -0.25) is 4.79 Å². The Labute approximate surface area is 125 Å². The first-order valence-electron chi connectivity index (χ1n) is 6.43. The summed E-state index contributed by atoms with van der Waals surface area (Å²) in [6, 6.07) is 7.76. The molecule has 1 aliphatic rings. The van der Waals surface area contributed by atoms with Crippen LogP contribution in [0.1, 0.15) is 12.0 Å². The van der Waals surface area contributed by atoms with E-state index in [0.717, 1.165) is 10.0 Å². The molecule has 108 valence electrons. The van der Waals surface area contributed by atoms with E-state index in [-0.39, 0.29) is 19.1 Å². The van der Waals surface area contributed by atoms with Gasteiger partial charge in [0.15, 0.2) is 6.10 Å². The van der Waals surface area contributed by atoms with Crippen LogP contribution < -0.4 is 0 Å². The normalized spacial score (nSPS) is 18.9. The van der Waals surface area contributed by atoms with Gasteiger partial charge in [0.25, 0.3) is 0 Å². The number of ether oxygens (including phenoxy) is 1. The van der Waals surface area contributed by atoms with Gasteiger partial charge < -0.3 is 14.7 Å². The first kappa shape index (κ1) is 15.0. The van der Waals surface area contributed by atoms with E-state index in [1.807, 2.05) is 24.3 Å². The van der Waals surface area contributed by atoms with Gasteiger partial charge in [0.05, 0.1) is 13.2 Å². The fourth-order valence-electron chi connectivity index (χ4n) is 2.13. The summed E-state index contributed by atoms with van der Waals surface area (Å²) in [6.45, 7) is 0.862. The van der Waals surface area contributed by atoms with Crippen LogP contribution in [0.2, 0.25) is 0 Å². The van der Waals surface area contributed by atoms with Gasteiger partial charge in [-0.1, -0.05) is 34.1 Å². The molecule has 1 N–H and O–H groups in total. The lowest BCUT2D eigenvalue weighted by molar-refractivity contribution is -0.159. The van der Waals surface area contributed by atoms with Crippen molar-refractivity contribution in [3.63, 3.8) is 0 Å². The third-order valence-corrected chi connectivity index (χ3v) is 4.03. The molecule has 0 bridgehead atoms. The molecule has 1 fully saturated rings. The molecule has 5 nitrogen and oxygen atoms in total. The number of aryl methyl sites for hydroxylation is 1. The van der Waals surface area contributed by atoms with Crippen molar-refractivity contribution in [3.05, 3.63) is 34.3 Å². The fraction of sp³-hybridized carbons (Fsp3) is 0.429. The van der Waals surface area contributed by atoms with Gasteiger partial charge in [-0.15, -0.1) is 0 Å². The third-order valence-electron chi connectivity index (χ3n) is 3.26. The first-order valence-corrected chi connectivity index (χ1v) is 7.23. The number of aliphatic carboxylic acids is 1. The molecule has 6 heteroatoms. The zero-order chi connectivity index (χ0) is 14.5. The van der Waals surface area contributed by atoms with E-state index in [1.54, 1.807) is 4.90 Å². The Bertz CT molecular complexity index is 506. The Morgan fingerprint density at radius 3 is 2.85 bits per heavy atom. The molecule has 0 spiro atoms. The molecule has 0 unspecified atom stereocenters. The number of carbonyl (C=O) groups excluding carboxylic acids is 1. The average Bonchev–Trinajstić information content (AvgIpc) is 2.46. The van der Waals surface area contributed by atoms with Gasteiger partial charge in [-0.2, -0.15) is 0 Å². The van der Waals surface area contributed by atoms with E-state index >= 15 is 0 Å². The number of rotatable bonds is 4. The number of carboxylic acids is 1. The number of hydrogen-bond acceptors (Lipinski definition) is 3. The molecule has 2 rings (SSSR count). The van der Waals surface area contributed by atoms with Crippen molar-refractivity contribution in [2.24, 2.45) is 0 Å². The molecule has 1 aromatic rings. The molecule has 1 aliphatic heterocycles. The lowest BCUT2D eigenvalue weighted by Gasteiger charge is -2.31. The van der Waals surface area contributed by atoms with Gasteiger partial charge in [0.1, 0.15) is 0 Å². The maximum absolute atomic E-state index is 12.1. The van der Waals surface area contributed by atoms with Gasteiger partial charge >= 0.3 is 5.97 Å². The van der Waals surface area contributed by atoms with Gasteiger partial charge in [0, 0.05) is 17.4 Å². The molecule has 0 radical (unpaired) electrons. The number of nitrogens with zero attached hydrogens (tertiary/aromatic N) is 1. The first-order chi connectivity index (χ1) is 9.58. The standard InChI is InChI=1S/C14H16BrNO4/c15-11-4-2-1-3-10(11)5-6-13(17)16-7-8-20-12(9-16)14(18)19/h1-4,12H,5-9H2,(H,18,19)/t12-/m0/s1. The number of amides is 1. The van der Waals surface area contributed by atoms with E-state index in [9.17, 15) is 9.59 Å². The van der Waals surface area contributed by atoms with Crippen LogP contribution in [-0.2, 0) is 20.7 Å². The maximum Gasteiger partial charge on any atom is 0.334 e. The zero-order valence-corrected chi connectivity index (χ0v) is 12.5. The molecule has 1 atom stereocenters. The summed E-state index contributed by atoms with van der Waals surface area (Å²) in [4.78, 5) is 24.6. The molecule has 20 heavy (non-hydrogen) atoms. The second-order valence-electron chi connectivity index (χ2n) is 4.63. The van der Waals surface area contributed by atoms with E-state index in [1.165, 1.54) is 0 Å². The van der Waals surface area contributed by atoms with Gasteiger partial charge in [-0.05, 0) is 18.1 Å². The van der Waals surface area contributed by atoms with E-state index in [4.69, 9.17) is 9.84 Å². The second kappa shape index (κ2) is 6.85. The lowest BCUT2D eigenvalue weighted by Crippen LogP contribution is -2.48. The molecule has 1 amide bonds. The largest absolute Gasteiger partial charge is 0.479 e. The van der Waals surface area contributed by atoms with Crippen molar-refractivity contribution in [2.75, 3.05) is 19.7 Å². The van der Waals surface area contributed by atoms with Gasteiger partial charge in [0.2, 0.25) is 5.91 Å². The van der Waals surface area contributed by atoms with E-state index in [2.05, 4.69) is 15.9 Å². The molecule has 0 aliphatic carbocycles. The highest BCUT2D eigenvalue weighted by molar-refractivity contribution is 9.10. The maximum atomic E-state index is 12.1. The minimum Gasteiger partial charge on any atom is -0.479 e. The number of halogens is 1. The minimum atomic E-state index is -1.02. The van der Waals surface area contributed by atoms with Crippen LogP contribution >= 0.6 is 15.9 Å². The summed E-state index contributed by atoms with van der Waals surface area (Å²) in [5.41, 5.74) is 1.07. The van der Waals surface area contributed by atoms with Crippen LogP contribution in [0.4, 0.5) is 0 Å². The molecule has 1 aromatic carbocycles. The van der Waals surface area contributed by atoms with Crippen molar-refractivity contribution in [3.8, 4) is 0 Å². The summed E-state index contributed by atoms with van der Waals surface area (Å²) >= 11 is 3.45. The van der Waals surface area contributed by atoms with Crippen molar-refractivity contribution in [1.82, 2.24) is 4.90 Å². The smallest absolute Gasteiger partial charge is 0.334 e. The van der Waals surface area contributed by atoms with Crippen molar-refractivity contribution < 1.29 is 19.4 Å². The van der Waals surface area contributed by atoms with Crippen LogP contribution in [0.25, 0.3) is 0 Å². The van der Waals surface area contributed by atoms with Crippen molar-refractivity contribution in [2.45, 2.75) is 18.9 Å². The summed E-state index contributed by atoms with van der Waals surface area (Å²) < 4.78 is 6.09. The predicted molar refractivity (Wildman–Crippen MR) is 76.4 cm³/mol. The van der Waals surface area contributed by atoms with Crippen molar-refractivity contribution in [1.29, 1.82) is 0 Å². The predicted octanol–water partition coefficient (Wildman–Crippen LogP) is 1.69. The molecular formula is C14H16BrNO4. The van der Waals surface area contributed by atoms with Crippen molar-refractivity contribution >= 4 is 27.8 Å². The molecule has 0 saturated carbocycles. The van der Waals surface area contributed by atoms with E-state index < -0.39 is 12.1 Å². The SMILES string of the molecule is O=C(O)[C@@H]1CN(C(=O)CCc2ccccc2Br)CCO1. The summed E-state index contributed by atoms with van der Waals surface area (Å²) in [6.07, 6.45) is 0.0979. The van der Waals surface area contributed by atoms with Crippen LogP contribution in [-0.4, -0.2) is 47.7 Å². The zero-order valence-electron chi connectivity index (χ0n) is 10.9. The highest BCUT2D eigenvalue weighted by Gasteiger charge is 2.28. The van der Waals surface area contributed by atoms with Gasteiger partial charge in [-0.25, -0.2) is 4.79 Å². The number of carboxylic acid groups (broad SMARTS) is 1. The third kappa shape index (κ3) is 3.80. The minimum absolute atomic E-state index is 0.0321. The Hall–Kier alpha value is -1.40. The second-order valence-corrected chi connectivity index (χ2v) is 5.48. The highest BCUT2D eigenvalue weighted by atomic mass is 79.9. The Kier molecular flexibility index (Phi) is 5.14. The molecular weight excluding hydrogens is 326 g/mol. The number of benzene rings is 1. The lowest BCUT2D eigenvalue weighted by atomic mass is 10.1. The Balaban J connectivity index is 1.89. The van der Waals surface area contributed by atoms with E-state index in [0.29, 0.717) is 19.4 Å². The van der Waals surface area contributed by atoms with Crippen LogP contribution in [0.5, 0.6) is 0 Å². The van der Waals surface area contributed by atoms with Crippen LogP contribution in [0, 0.1) is 0 Å². The number of morpholine rings is 1. The number of hydrogen-bond donors (Lipinski definition) is 1. The highest BCUT2D eigenvalue weighted by Crippen LogP contribution is 2.18. The molecule has 1 heterocycles. The summed E-state index contributed by atoms with van der Waals surface area (Å²) in [7, 11) is 0. The molecule has 1 saturated heterocycles. The average molecular weight is 342 g/mol.